The van der Waals surface area contributed by atoms with E-state index >= 15 is 0 Å². The van der Waals surface area contributed by atoms with Crippen LogP contribution >= 0.6 is 22.9 Å². The van der Waals surface area contributed by atoms with Crippen molar-refractivity contribution in [3.8, 4) is 10.7 Å². The maximum Gasteiger partial charge on any atom is 0.208 e. The first kappa shape index (κ1) is 13.7. The largest absolute Gasteiger partial charge is 0.342 e. The Balaban J connectivity index is 1.61. The molecule has 3 aromatic rings. The third kappa shape index (κ3) is 2.46. The molecule has 6 heteroatoms. The van der Waals surface area contributed by atoms with Gasteiger partial charge in [0.2, 0.25) is 5.13 Å². The number of nitrogens with zero attached hydrogens (tertiary/aromatic N) is 4. The second-order valence-electron chi connectivity index (χ2n) is 5.15. The zero-order valence-corrected chi connectivity index (χ0v) is 13.3. The average molecular weight is 329 g/mol. The maximum atomic E-state index is 6.27. The van der Waals surface area contributed by atoms with Crippen LogP contribution in [-0.4, -0.2) is 21.7 Å². The van der Waals surface area contributed by atoms with Crippen molar-refractivity contribution < 1.29 is 0 Å². The Kier molecular flexibility index (Phi) is 3.52. The highest BCUT2D eigenvalue weighted by Gasteiger charge is 2.21. The van der Waals surface area contributed by atoms with E-state index < -0.39 is 0 Å². The summed E-state index contributed by atoms with van der Waals surface area (Å²) in [6, 6.07) is 11.9. The van der Waals surface area contributed by atoms with E-state index in [1.165, 1.54) is 11.1 Å². The molecule has 0 aliphatic carbocycles. The molecule has 1 aromatic carbocycles. The van der Waals surface area contributed by atoms with Gasteiger partial charge >= 0.3 is 0 Å². The minimum atomic E-state index is 0.826. The van der Waals surface area contributed by atoms with Gasteiger partial charge in [-0.1, -0.05) is 41.1 Å². The Morgan fingerprint density at radius 1 is 1.09 bits per heavy atom. The van der Waals surface area contributed by atoms with Gasteiger partial charge in [0.1, 0.15) is 5.69 Å². The van der Waals surface area contributed by atoms with Gasteiger partial charge in [-0.3, -0.25) is 4.98 Å². The van der Waals surface area contributed by atoms with Crippen LogP contribution in [-0.2, 0) is 13.0 Å². The van der Waals surface area contributed by atoms with Gasteiger partial charge in [-0.15, -0.1) is 10.2 Å². The van der Waals surface area contributed by atoms with E-state index in [-0.39, 0.29) is 0 Å². The first-order valence-corrected chi connectivity index (χ1v) is 8.27. The van der Waals surface area contributed by atoms with Crippen LogP contribution < -0.4 is 4.90 Å². The third-order valence-electron chi connectivity index (χ3n) is 3.78. The van der Waals surface area contributed by atoms with Crippen molar-refractivity contribution in [1.82, 2.24) is 15.2 Å². The summed E-state index contributed by atoms with van der Waals surface area (Å²) in [5, 5.41) is 11.3. The van der Waals surface area contributed by atoms with Crippen molar-refractivity contribution in [2.24, 2.45) is 0 Å². The van der Waals surface area contributed by atoms with Gasteiger partial charge in [0, 0.05) is 24.3 Å². The molecule has 0 amide bonds. The molecule has 0 radical (unpaired) electrons. The molecule has 1 aliphatic rings. The van der Waals surface area contributed by atoms with Gasteiger partial charge in [0.25, 0.3) is 0 Å². The van der Waals surface area contributed by atoms with Crippen molar-refractivity contribution in [3.63, 3.8) is 0 Å². The molecule has 0 spiro atoms. The summed E-state index contributed by atoms with van der Waals surface area (Å²) in [5.41, 5.74) is 3.40. The van der Waals surface area contributed by atoms with Crippen molar-refractivity contribution >= 4 is 28.1 Å². The van der Waals surface area contributed by atoms with E-state index in [0.29, 0.717) is 0 Å². The predicted octanol–water partition coefficient (Wildman–Crippen LogP) is 3.82. The Labute approximate surface area is 137 Å². The van der Waals surface area contributed by atoms with Crippen LogP contribution in [0, 0.1) is 0 Å². The van der Waals surface area contributed by atoms with Gasteiger partial charge in [-0.2, -0.15) is 0 Å². The Bertz CT molecular complexity index is 803. The minimum Gasteiger partial charge on any atom is -0.342 e. The first-order chi connectivity index (χ1) is 10.8. The monoisotopic (exact) mass is 328 g/mol. The summed E-state index contributed by atoms with van der Waals surface area (Å²) in [5.74, 6) is 0. The number of anilines is 1. The lowest BCUT2D eigenvalue weighted by molar-refractivity contribution is 0.724. The van der Waals surface area contributed by atoms with E-state index in [1.54, 1.807) is 17.5 Å². The van der Waals surface area contributed by atoms with Crippen LogP contribution in [0.4, 0.5) is 5.13 Å². The standard InChI is InChI=1S/C16H13ClN4S/c17-13-5-3-4-11-10-21(9-7-12(11)13)16-20-19-15(22-16)14-6-1-2-8-18-14/h1-6,8H,7,9-10H2. The molecule has 0 N–H and O–H groups in total. The van der Waals surface area contributed by atoms with Crippen molar-refractivity contribution in [2.75, 3.05) is 11.4 Å². The molecule has 0 fully saturated rings. The van der Waals surface area contributed by atoms with Crippen LogP contribution in [0.25, 0.3) is 10.7 Å². The minimum absolute atomic E-state index is 0.826. The number of fused-ring (bicyclic) bond motifs is 1. The van der Waals surface area contributed by atoms with E-state index in [0.717, 1.165) is 40.4 Å². The summed E-state index contributed by atoms with van der Waals surface area (Å²) in [7, 11) is 0. The molecule has 0 bridgehead atoms. The number of rotatable bonds is 2. The fraction of sp³-hybridized carbons (Fsp3) is 0.188. The molecule has 0 saturated heterocycles. The molecule has 0 unspecified atom stereocenters. The zero-order valence-electron chi connectivity index (χ0n) is 11.7. The third-order valence-corrected chi connectivity index (χ3v) is 5.14. The van der Waals surface area contributed by atoms with E-state index in [4.69, 9.17) is 11.6 Å². The molecule has 110 valence electrons. The van der Waals surface area contributed by atoms with E-state index in [2.05, 4.69) is 26.1 Å². The van der Waals surface area contributed by atoms with Crippen LogP contribution in [0.15, 0.2) is 42.6 Å². The normalized spacial score (nSPS) is 14.0. The first-order valence-electron chi connectivity index (χ1n) is 7.07. The summed E-state index contributed by atoms with van der Waals surface area (Å²) < 4.78 is 0. The number of hydrogen-bond donors (Lipinski definition) is 0. The van der Waals surface area contributed by atoms with Crippen molar-refractivity contribution in [2.45, 2.75) is 13.0 Å². The van der Waals surface area contributed by atoms with Crippen LogP contribution in [0.2, 0.25) is 5.02 Å². The number of halogens is 1. The molecule has 2 aromatic heterocycles. The average Bonchev–Trinajstić information content (AvgIpc) is 3.06. The maximum absolute atomic E-state index is 6.27. The summed E-state index contributed by atoms with van der Waals surface area (Å²) in [4.78, 5) is 6.58. The number of aromatic nitrogens is 3. The number of benzene rings is 1. The number of pyridine rings is 1. The molecule has 22 heavy (non-hydrogen) atoms. The van der Waals surface area contributed by atoms with Gasteiger partial charge in [0.05, 0.1) is 0 Å². The second kappa shape index (κ2) is 5.66. The molecule has 1 aliphatic heterocycles. The lowest BCUT2D eigenvalue weighted by atomic mass is 10.0. The molecular weight excluding hydrogens is 316 g/mol. The van der Waals surface area contributed by atoms with E-state index in [9.17, 15) is 0 Å². The fourth-order valence-electron chi connectivity index (χ4n) is 2.66. The highest BCUT2D eigenvalue weighted by molar-refractivity contribution is 7.18. The quantitative estimate of drug-likeness (QED) is 0.717. The highest BCUT2D eigenvalue weighted by atomic mass is 35.5. The second-order valence-corrected chi connectivity index (χ2v) is 6.52. The molecular formula is C16H13ClN4S. The molecule has 4 rings (SSSR count). The van der Waals surface area contributed by atoms with Crippen molar-refractivity contribution in [1.29, 1.82) is 0 Å². The van der Waals surface area contributed by atoms with Gasteiger partial charge in [0.15, 0.2) is 5.01 Å². The van der Waals surface area contributed by atoms with Crippen LogP contribution in [0.1, 0.15) is 11.1 Å². The van der Waals surface area contributed by atoms with Crippen LogP contribution in [0.3, 0.4) is 0 Å². The Hall–Kier alpha value is -1.98. The summed E-state index contributed by atoms with van der Waals surface area (Å²) in [6.45, 7) is 1.74. The van der Waals surface area contributed by atoms with Gasteiger partial charge in [-0.05, 0) is 35.7 Å². The van der Waals surface area contributed by atoms with Gasteiger partial charge in [-0.25, -0.2) is 0 Å². The molecule has 3 heterocycles. The van der Waals surface area contributed by atoms with Crippen molar-refractivity contribution in [3.05, 3.63) is 58.7 Å². The Morgan fingerprint density at radius 3 is 2.91 bits per heavy atom. The smallest absolute Gasteiger partial charge is 0.208 e. The van der Waals surface area contributed by atoms with Crippen LogP contribution in [0.5, 0.6) is 0 Å². The lowest BCUT2D eigenvalue weighted by Gasteiger charge is -2.28. The summed E-state index contributed by atoms with van der Waals surface area (Å²) >= 11 is 7.85. The molecule has 0 saturated carbocycles. The Morgan fingerprint density at radius 2 is 2.05 bits per heavy atom. The summed E-state index contributed by atoms with van der Waals surface area (Å²) in [6.07, 6.45) is 2.71. The highest BCUT2D eigenvalue weighted by Crippen LogP contribution is 2.32. The predicted molar refractivity (Wildman–Crippen MR) is 89.3 cm³/mol. The van der Waals surface area contributed by atoms with Gasteiger partial charge < -0.3 is 4.90 Å². The topological polar surface area (TPSA) is 41.9 Å². The molecule has 4 nitrogen and oxygen atoms in total. The van der Waals surface area contributed by atoms with E-state index in [1.807, 2.05) is 30.3 Å². The zero-order chi connectivity index (χ0) is 14.9. The SMILES string of the molecule is Clc1cccc2c1CCN(c1nnc(-c3ccccn3)s1)C2. The number of hydrogen-bond acceptors (Lipinski definition) is 5. The fourth-order valence-corrected chi connectivity index (χ4v) is 3.80. The lowest BCUT2D eigenvalue weighted by Crippen LogP contribution is -2.30. The molecule has 0 atom stereocenters.